The van der Waals surface area contributed by atoms with Crippen molar-refractivity contribution in [3.63, 3.8) is 0 Å². The van der Waals surface area contributed by atoms with E-state index in [0.29, 0.717) is 12.6 Å². The van der Waals surface area contributed by atoms with Crippen LogP contribution in [0.15, 0.2) is 0 Å². The molecule has 0 spiro atoms. The Balaban J connectivity index is 1.97. The molecule has 2 heterocycles. The van der Waals surface area contributed by atoms with Crippen LogP contribution in [0.3, 0.4) is 0 Å². The standard InChI is InChI=1S/C13H26N2O2/c1-12(2)9-15(7-11-5-4-6-17-11)10-13(3,16)8-14-12/h11,14,16H,4-10H2,1-3H3. The molecule has 17 heavy (non-hydrogen) atoms. The van der Waals surface area contributed by atoms with E-state index in [1.54, 1.807) is 0 Å². The second kappa shape index (κ2) is 4.84. The Bertz CT molecular complexity index is 242. The molecular weight excluding hydrogens is 216 g/mol. The predicted molar refractivity (Wildman–Crippen MR) is 68.1 cm³/mol. The van der Waals surface area contributed by atoms with Gasteiger partial charge in [0.15, 0.2) is 0 Å². The van der Waals surface area contributed by atoms with E-state index in [-0.39, 0.29) is 5.54 Å². The van der Waals surface area contributed by atoms with Gasteiger partial charge in [0.1, 0.15) is 0 Å². The van der Waals surface area contributed by atoms with Crippen molar-refractivity contribution in [1.82, 2.24) is 10.2 Å². The first-order valence-electron chi connectivity index (χ1n) is 6.68. The summed E-state index contributed by atoms with van der Waals surface area (Å²) in [6.45, 7) is 10.5. The Morgan fingerprint density at radius 2 is 2.12 bits per heavy atom. The van der Waals surface area contributed by atoms with Crippen LogP contribution < -0.4 is 5.32 Å². The average molecular weight is 242 g/mol. The van der Waals surface area contributed by atoms with Gasteiger partial charge in [-0.25, -0.2) is 0 Å². The normalized spacial score (nSPS) is 39.2. The van der Waals surface area contributed by atoms with Crippen molar-refractivity contribution in [2.75, 3.05) is 32.8 Å². The van der Waals surface area contributed by atoms with Crippen LogP contribution in [0.2, 0.25) is 0 Å². The van der Waals surface area contributed by atoms with E-state index in [9.17, 15) is 5.11 Å². The Kier molecular flexibility index (Phi) is 3.78. The van der Waals surface area contributed by atoms with Gasteiger partial charge in [0.2, 0.25) is 0 Å². The topological polar surface area (TPSA) is 44.7 Å². The van der Waals surface area contributed by atoms with Gasteiger partial charge in [-0.05, 0) is 33.6 Å². The zero-order valence-corrected chi connectivity index (χ0v) is 11.3. The highest BCUT2D eigenvalue weighted by atomic mass is 16.5. The molecule has 2 fully saturated rings. The first-order valence-corrected chi connectivity index (χ1v) is 6.68. The predicted octanol–water partition coefficient (Wildman–Crippen LogP) is 0.600. The maximum atomic E-state index is 10.3. The Hall–Kier alpha value is -0.160. The third-order valence-corrected chi connectivity index (χ3v) is 3.62. The lowest BCUT2D eigenvalue weighted by atomic mass is 10.1. The molecular formula is C13H26N2O2. The SMILES string of the molecule is CC1(O)CNC(C)(C)CN(CC2CCCO2)C1. The molecule has 2 aliphatic rings. The van der Waals surface area contributed by atoms with E-state index < -0.39 is 5.60 Å². The van der Waals surface area contributed by atoms with Crippen molar-refractivity contribution in [3.8, 4) is 0 Å². The molecule has 0 aromatic rings. The lowest BCUT2D eigenvalue weighted by Gasteiger charge is -2.32. The zero-order chi connectivity index (χ0) is 12.5. The van der Waals surface area contributed by atoms with Crippen molar-refractivity contribution >= 4 is 0 Å². The second-order valence-corrected chi connectivity index (χ2v) is 6.54. The van der Waals surface area contributed by atoms with Crippen molar-refractivity contribution in [2.24, 2.45) is 0 Å². The maximum absolute atomic E-state index is 10.3. The van der Waals surface area contributed by atoms with E-state index in [1.807, 2.05) is 6.92 Å². The van der Waals surface area contributed by atoms with Crippen LogP contribution in [0.4, 0.5) is 0 Å². The smallest absolute Gasteiger partial charge is 0.0869 e. The average Bonchev–Trinajstić information content (AvgIpc) is 2.63. The number of rotatable bonds is 2. The number of nitrogens with zero attached hydrogens (tertiary/aromatic N) is 1. The molecule has 4 nitrogen and oxygen atoms in total. The van der Waals surface area contributed by atoms with Gasteiger partial charge in [0, 0.05) is 38.3 Å². The summed E-state index contributed by atoms with van der Waals surface area (Å²) in [5, 5.41) is 13.7. The van der Waals surface area contributed by atoms with Gasteiger partial charge < -0.3 is 15.2 Å². The molecule has 2 saturated heterocycles. The fraction of sp³-hybridized carbons (Fsp3) is 1.00. The largest absolute Gasteiger partial charge is 0.388 e. The molecule has 2 N–H and O–H groups in total. The van der Waals surface area contributed by atoms with Gasteiger partial charge in [-0.15, -0.1) is 0 Å². The van der Waals surface area contributed by atoms with Crippen LogP contribution in [0.5, 0.6) is 0 Å². The van der Waals surface area contributed by atoms with E-state index in [1.165, 1.54) is 6.42 Å². The maximum Gasteiger partial charge on any atom is 0.0869 e. The van der Waals surface area contributed by atoms with E-state index in [2.05, 4.69) is 24.1 Å². The monoisotopic (exact) mass is 242 g/mol. The molecule has 0 bridgehead atoms. The van der Waals surface area contributed by atoms with Crippen LogP contribution in [-0.4, -0.2) is 60.0 Å². The van der Waals surface area contributed by atoms with Crippen LogP contribution >= 0.6 is 0 Å². The summed E-state index contributed by atoms with van der Waals surface area (Å²) in [5.41, 5.74) is -0.592. The van der Waals surface area contributed by atoms with Crippen molar-refractivity contribution in [2.45, 2.75) is 50.9 Å². The highest BCUT2D eigenvalue weighted by Crippen LogP contribution is 2.20. The van der Waals surface area contributed by atoms with Gasteiger partial charge >= 0.3 is 0 Å². The molecule has 2 unspecified atom stereocenters. The summed E-state index contributed by atoms with van der Waals surface area (Å²) in [5.74, 6) is 0. The minimum Gasteiger partial charge on any atom is -0.388 e. The molecule has 0 saturated carbocycles. The number of ether oxygens (including phenoxy) is 1. The lowest BCUT2D eigenvalue weighted by Crippen LogP contribution is -2.47. The molecule has 0 radical (unpaired) electrons. The fourth-order valence-electron chi connectivity index (χ4n) is 2.84. The highest BCUT2D eigenvalue weighted by molar-refractivity contribution is 4.93. The Morgan fingerprint density at radius 1 is 1.35 bits per heavy atom. The number of hydrogen-bond donors (Lipinski definition) is 2. The van der Waals surface area contributed by atoms with Gasteiger partial charge in [-0.3, -0.25) is 4.90 Å². The Labute approximate surface area is 104 Å². The molecule has 2 aliphatic heterocycles. The molecule has 0 amide bonds. The fourth-order valence-corrected chi connectivity index (χ4v) is 2.84. The summed E-state index contributed by atoms with van der Waals surface area (Å²) in [4.78, 5) is 2.34. The van der Waals surface area contributed by atoms with Crippen molar-refractivity contribution in [3.05, 3.63) is 0 Å². The highest BCUT2D eigenvalue weighted by Gasteiger charge is 2.35. The van der Waals surface area contributed by atoms with Crippen LogP contribution in [-0.2, 0) is 4.74 Å². The zero-order valence-electron chi connectivity index (χ0n) is 11.3. The molecule has 4 heteroatoms. The quantitative estimate of drug-likeness (QED) is 0.744. The minimum atomic E-state index is -0.646. The number of aliphatic hydroxyl groups is 1. The number of β-amino-alcohol motifs (C(OH)–C–C–N with tert-alkyl or cyclic N) is 1. The molecule has 0 aromatic heterocycles. The molecule has 2 atom stereocenters. The van der Waals surface area contributed by atoms with Gasteiger partial charge in [0.05, 0.1) is 11.7 Å². The van der Waals surface area contributed by atoms with E-state index in [4.69, 9.17) is 4.74 Å². The first kappa shape index (κ1) is 13.3. The van der Waals surface area contributed by atoms with Crippen LogP contribution in [0, 0.1) is 0 Å². The summed E-state index contributed by atoms with van der Waals surface area (Å²) >= 11 is 0. The van der Waals surface area contributed by atoms with E-state index >= 15 is 0 Å². The van der Waals surface area contributed by atoms with E-state index in [0.717, 1.165) is 32.7 Å². The first-order chi connectivity index (χ1) is 7.86. The summed E-state index contributed by atoms with van der Waals surface area (Å²) < 4.78 is 5.69. The Morgan fingerprint density at radius 3 is 2.76 bits per heavy atom. The third kappa shape index (κ3) is 3.91. The minimum absolute atomic E-state index is 0.0547. The van der Waals surface area contributed by atoms with Gasteiger partial charge in [-0.1, -0.05) is 0 Å². The number of hydrogen-bond acceptors (Lipinski definition) is 4. The van der Waals surface area contributed by atoms with Gasteiger partial charge in [-0.2, -0.15) is 0 Å². The summed E-state index contributed by atoms with van der Waals surface area (Å²) in [7, 11) is 0. The van der Waals surface area contributed by atoms with Crippen LogP contribution in [0.1, 0.15) is 33.6 Å². The van der Waals surface area contributed by atoms with Crippen molar-refractivity contribution in [1.29, 1.82) is 0 Å². The molecule has 0 aromatic carbocycles. The lowest BCUT2D eigenvalue weighted by molar-refractivity contribution is 0.0132. The summed E-state index contributed by atoms with van der Waals surface area (Å²) in [6, 6.07) is 0. The van der Waals surface area contributed by atoms with Crippen molar-refractivity contribution < 1.29 is 9.84 Å². The molecule has 100 valence electrons. The third-order valence-electron chi connectivity index (χ3n) is 3.62. The van der Waals surface area contributed by atoms with Crippen LogP contribution in [0.25, 0.3) is 0 Å². The summed E-state index contributed by atoms with van der Waals surface area (Å²) in [6.07, 6.45) is 2.70. The van der Waals surface area contributed by atoms with Gasteiger partial charge in [0.25, 0.3) is 0 Å². The molecule has 2 rings (SSSR count). The number of nitrogens with one attached hydrogen (secondary N) is 1. The molecule has 0 aliphatic carbocycles. The second-order valence-electron chi connectivity index (χ2n) is 6.54.